The van der Waals surface area contributed by atoms with Crippen molar-refractivity contribution in [1.29, 1.82) is 0 Å². The third-order valence-electron chi connectivity index (χ3n) is 4.22. The van der Waals surface area contributed by atoms with Gasteiger partial charge in [-0.15, -0.1) is 0 Å². The number of pyridine rings is 1. The minimum atomic E-state index is 0.449. The van der Waals surface area contributed by atoms with Gasteiger partial charge in [-0.25, -0.2) is 0 Å². The van der Waals surface area contributed by atoms with E-state index < -0.39 is 0 Å². The number of aromatic nitrogens is 1. The minimum absolute atomic E-state index is 0.449. The van der Waals surface area contributed by atoms with Gasteiger partial charge in [0, 0.05) is 57.5 Å². The highest BCUT2D eigenvalue weighted by Gasteiger charge is 2.35. The zero-order valence-corrected chi connectivity index (χ0v) is 11.0. The van der Waals surface area contributed by atoms with Gasteiger partial charge in [-0.2, -0.15) is 0 Å². The van der Waals surface area contributed by atoms with E-state index in [-0.39, 0.29) is 0 Å². The first-order valence-electron chi connectivity index (χ1n) is 6.94. The third kappa shape index (κ3) is 2.41. The quantitative estimate of drug-likeness (QED) is 0.852. The van der Waals surface area contributed by atoms with Gasteiger partial charge >= 0.3 is 0 Å². The molecule has 4 nitrogen and oxygen atoms in total. The van der Waals surface area contributed by atoms with Gasteiger partial charge in [0.25, 0.3) is 0 Å². The van der Waals surface area contributed by atoms with Crippen LogP contribution in [0.2, 0.25) is 0 Å². The van der Waals surface area contributed by atoms with E-state index in [1.54, 1.807) is 0 Å². The molecule has 1 aromatic rings. The summed E-state index contributed by atoms with van der Waals surface area (Å²) in [5, 5.41) is 3.41. The van der Waals surface area contributed by atoms with Crippen molar-refractivity contribution >= 4 is 0 Å². The van der Waals surface area contributed by atoms with Crippen LogP contribution in [-0.2, 0) is 0 Å². The molecule has 4 heteroatoms. The van der Waals surface area contributed by atoms with Crippen LogP contribution in [0.5, 0.6) is 0 Å². The normalized spacial score (nSPS) is 24.7. The highest BCUT2D eigenvalue weighted by molar-refractivity contribution is 5.10. The summed E-state index contributed by atoms with van der Waals surface area (Å²) in [6.45, 7) is 9.34. The molecule has 0 bridgehead atoms. The average molecular weight is 246 g/mol. The predicted octanol–water partition coefficient (Wildman–Crippen LogP) is 0.732. The molecule has 1 atom stereocenters. The number of piperazine rings is 1. The summed E-state index contributed by atoms with van der Waals surface area (Å²) in [5.41, 5.74) is 1.19. The van der Waals surface area contributed by atoms with Gasteiger partial charge in [0.15, 0.2) is 0 Å². The van der Waals surface area contributed by atoms with Crippen molar-refractivity contribution in [2.75, 3.05) is 39.3 Å². The molecule has 3 rings (SSSR count). The van der Waals surface area contributed by atoms with E-state index in [0.717, 1.165) is 19.1 Å². The molecule has 0 amide bonds. The molecule has 98 valence electrons. The average Bonchev–Trinajstić information content (AvgIpc) is 2.39. The Balaban J connectivity index is 1.52. The second-order valence-electron chi connectivity index (χ2n) is 5.32. The Morgan fingerprint density at radius 1 is 1.28 bits per heavy atom. The topological polar surface area (TPSA) is 31.4 Å². The second kappa shape index (κ2) is 5.34. The number of nitrogens with one attached hydrogen (secondary N) is 1. The fourth-order valence-corrected chi connectivity index (χ4v) is 2.89. The Bertz CT molecular complexity index is 369. The van der Waals surface area contributed by atoms with Crippen molar-refractivity contribution in [3.63, 3.8) is 0 Å². The predicted molar refractivity (Wildman–Crippen MR) is 72.5 cm³/mol. The lowest BCUT2D eigenvalue weighted by Crippen LogP contribution is -2.62. The fourth-order valence-electron chi connectivity index (χ4n) is 2.89. The van der Waals surface area contributed by atoms with Gasteiger partial charge < -0.3 is 5.32 Å². The molecule has 3 heterocycles. The van der Waals surface area contributed by atoms with E-state index >= 15 is 0 Å². The summed E-state index contributed by atoms with van der Waals surface area (Å²) in [5.74, 6) is 0. The van der Waals surface area contributed by atoms with Gasteiger partial charge in [0.05, 0.1) is 5.69 Å². The van der Waals surface area contributed by atoms with Gasteiger partial charge in [-0.1, -0.05) is 6.07 Å². The first kappa shape index (κ1) is 12.1. The van der Waals surface area contributed by atoms with E-state index in [4.69, 9.17) is 0 Å². The van der Waals surface area contributed by atoms with Crippen LogP contribution in [-0.4, -0.2) is 60.1 Å². The summed E-state index contributed by atoms with van der Waals surface area (Å²) in [7, 11) is 0. The molecule has 2 aliphatic heterocycles. The van der Waals surface area contributed by atoms with E-state index in [2.05, 4.69) is 39.2 Å². The van der Waals surface area contributed by atoms with E-state index in [9.17, 15) is 0 Å². The molecule has 0 spiro atoms. The monoisotopic (exact) mass is 246 g/mol. The Morgan fingerprint density at radius 2 is 2.06 bits per heavy atom. The zero-order valence-electron chi connectivity index (χ0n) is 11.0. The van der Waals surface area contributed by atoms with Crippen LogP contribution in [0, 0.1) is 0 Å². The van der Waals surface area contributed by atoms with Crippen LogP contribution in [0.25, 0.3) is 0 Å². The molecule has 0 aliphatic carbocycles. The molecule has 0 aromatic carbocycles. The van der Waals surface area contributed by atoms with Crippen LogP contribution in [0.1, 0.15) is 18.7 Å². The largest absolute Gasteiger partial charge is 0.314 e. The lowest BCUT2D eigenvalue weighted by molar-refractivity contribution is 0.00247. The summed E-state index contributed by atoms with van der Waals surface area (Å²) < 4.78 is 0. The summed E-state index contributed by atoms with van der Waals surface area (Å²) in [6.07, 6.45) is 1.89. The molecule has 0 saturated carbocycles. The summed E-state index contributed by atoms with van der Waals surface area (Å²) in [4.78, 5) is 9.60. The lowest BCUT2D eigenvalue weighted by Gasteiger charge is -2.49. The molecule has 2 fully saturated rings. The molecule has 1 aromatic heterocycles. The Hall–Kier alpha value is -0.970. The number of rotatable bonds is 3. The van der Waals surface area contributed by atoms with Gasteiger partial charge in [0.2, 0.25) is 0 Å². The molecule has 2 aliphatic rings. The highest BCUT2D eigenvalue weighted by atomic mass is 15.3. The molecule has 2 saturated heterocycles. The Kier molecular flexibility index (Phi) is 3.59. The SMILES string of the molecule is CC(c1ccccn1)N1CC(N2CCNCC2)C1. The molecule has 1 unspecified atom stereocenters. The fraction of sp³-hybridized carbons (Fsp3) is 0.643. The molecule has 1 N–H and O–H groups in total. The maximum atomic E-state index is 4.45. The molecular formula is C14H22N4. The maximum absolute atomic E-state index is 4.45. The van der Waals surface area contributed by atoms with Crippen molar-refractivity contribution in [1.82, 2.24) is 20.1 Å². The minimum Gasteiger partial charge on any atom is -0.314 e. The number of hydrogen-bond donors (Lipinski definition) is 1. The van der Waals surface area contributed by atoms with Crippen molar-refractivity contribution in [3.8, 4) is 0 Å². The van der Waals surface area contributed by atoms with Crippen molar-refractivity contribution < 1.29 is 0 Å². The number of likely N-dealkylation sites (tertiary alicyclic amines) is 1. The van der Waals surface area contributed by atoms with Crippen LogP contribution in [0.3, 0.4) is 0 Å². The van der Waals surface area contributed by atoms with E-state index in [0.29, 0.717) is 6.04 Å². The van der Waals surface area contributed by atoms with Gasteiger partial charge in [0.1, 0.15) is 0 Å². The first-order valence-corrected chi connectivity index (χ1v) is 6.94. The van der Waals surface area contributed by atoms with Gasteiger partial charge in [-0.3, -0.25) is 14.8 Å². The van der Waals surface area contributed by atoms with E-state index in [1.165, 1.54) is 31.9 Å². The standard InChI is InChI=1S/C14H22N4/c1-12(14-4-2-3-5-16-14)18-10-13(11-18)17-8-6-15-7-9-17/h2-5,12-13,15H,6-11H2,1H3. The zero-order chi connectivity index (χ0) is 12.4. The van der Waals surface area contributed by atoms with Crippen molar-refractivity contribution in [2.45, 2.75) is 19.0 Å². The van der Waals surface area contributed by atoms with Gasteiger partial charge in [-0.05, 0) is 19.1 Å². The lowest BCUT2D eigenvalue weighted by atomic mass is 10.0. The van der Waals surface area contributed by atoms with Crippen LogP contribution in [0.15, 0.2) is 24.4 Å². The first-order chi connectivity index (χ1) is 8.84. The molecule has 18 heavy (non-hydrogen) atoms. The molecule has 0 radical (unpaired) electrons. The Labute approximate surface area is 109 Å². The third-order valence-corrected chi connectivity index (χ3v) is 4.22. The summed E-state index contributed by atoms with van der Waals surface area (Å²) >= 11 is 0. The summed E-state index contributed by atoms with van der Waals surface area (Å²) in [6, 6.07) is 7.40. The van der Waals surface area contributed by atoms with E-state index in [1.807, 2.05) is 12.3 Å². The number of nitrogens with zero attached hydrogens (tertiary/aromatic N) is 3. The van der Waals surface area contributed by atoms with Crippen molar-refractivity contribution in [3.05, 3.63) is 30.1 Å². The van der Waals surface area contributed by atoms with Crippen LogP contribution < -0.4 is 5.32 Å². The second-order valence-corrected chi connectivity index (χ2v) is 5.32. The highest BCUT2D eigenvalue weighted by Crippen LogP contribution is 2.26. The van der Waals surface area contributed by atoms with Crippen LogP contribution in [0.4, 0.5) is 0 Å². The Morgan fingerprint density at radius 3 is 2.72 bits per heavy atom. The molecular weight excluding hydrogens is 224 g/mol. The smallest absolute Gasteiger partial charge is 0.0572 e. The van der Waals surface area contributed by atoms with Crippen LogP contribution >= 0.6 is 0 Å². The number of hydrogen-bond acceptors (Lipinski definition) is 4. The van der Waals surface area contributed by atoms with Crippen molar-refractivity contribution in [2.24, 2.45) is 0 Å². The maximum Gasteiger partial charge on any atom is 0.0572 e.